The first kappa shape index (κ1) is 27.1. The van der Waals surface area contributed by atoms with Crippen LogP contribution in [0.15, 0.2) is 29.3 Å². The Morgan fingerprint density at radius 2 is 1.85 bits per heavy atom. The van der Waals surface area contributed by atoms with Crippen LogP contribution in [0.1, 0.15) is 44.7 Å². The third-order valence-corrected chi connectivity index (χ3v) is 5.54. The number of benzene rings is 1. The molecule has 1 atom stereocenters. The minimum absolute atomic E-state index is 0.0330. The summed E-state index contributed by atoms with van der Waals surface area (Å²) in [6.07, 6.45) is -2.23. The largest absolute Gasteiger partial charge is 0.421 e. The van der Waals surface area contributed by atoms with Crippen molar-refractivity contribution in [2.45, 2.75) is 50.7 Å². The van der Waals surface area contributed by atoms with E-state index in [1.165, 1.54) is 24.1 Å². The molecule has 1 unspecified atom stereocenters. The van der Waals surface area contributed by atoms with Gasteiger partial charge in [0.1, 0.15) is 11.4 Å². The lowest BCUT2D eigenvalue weighted by molar-refractivity contribution is -0.323. The molecule has 0 spiro atoms. The summed E-state index contributed by atoms with van der Waals surface area (Å²) < 4.78 is 43.5. The summed E-state index contributed by atoms with van der Waals surface area (Å²) in [6.45, 7) is 6.85. The second kappa shape index (κ2) is 11.3. The van der Waals surface area contributed by atoms with E-state index in [-0.39, 0.29) is 28.9 Å². The van der Waals surface area contributed by atoms with Gasteiger partial charge in [-0.15, -0.1) is 0 Å². The molecule has 1 aromatic carbocycles. The maximum atomic E-state index is 13.6. The highest BCUT2D eigenvalue weighted by molar-refractivity contribution is 7.97. The highest BCUT2D eigenvalue weighted by Gasteiger charge is 2.37. The summed E-state index contributed by atoms with van der Waals surface area (Å²) in [4.78, 5) is 10.0. The highest BCUT2D eigenvalue weighted by Crippen LogP contribution is 2.38. The molecule has 0 bridgehead atoms. The van der Waals surface area contributed by atoms with Crippen molar-refractivity contribution in [3.05, 3.63) is 35.5 Å². The molecular formula is C21H30F3N5O3S. The molecule has 1 aliphatic rings. The molecule has 5 N–H and O–H groups in total. The number of hydrogen-bond acceptors (Lipinski definition) is 9. The first-order valence-electron chi connectivity index (χ1n) is 10.6. The van der Waals surface area contributed by atoms with E-state index in [1.54, 1.807) is 18.0 Å². The number of alkyl halides is 3. The Labute approximate surface area is 195 Å². The van der Waals surface area contributed by atoms with Gasteiger partial charge in [-0.2, -0.15) is 18.2 Å². The van der Waals surface area contributed by atoms with Crippen molar-refractivity contribution in [2.24, 2.45) is 5.92 Å². The molecule has 1 aliphatic heterocycles. The fraction of sp³-hybridized carbons (Fsp3) is 0.524. The van der Waals surface area contributed by atoms with E-state index < -0.39 is 17.7 Å². The minimum Gasteiger partial charge on any atom is -0.356 e. The van der Waals surface area contributed by atoms with Gasteiger partial charge < -0.3 is 25.5 Å². The van der Waals surface area contributed by atoms with Crippen molar-refractivity contribution in [1.82, 2.24) is 14.7 Å². The lowest BCUT2D eigenvalue weighted by Gasteiger charge is -2.33. The third kappa shape index (κ3) is 7.18. The number of anilines is 3. The second-order valence-corrected chi connectivity index (χ2v) is 8.48. The third-order valence-electron chi connectivity index (χ3n) is 4.85. The SMILES string of the molecule is CC.CNSc1ccc(Nc2ncc(C(F)(F)F)c(N3CCCC(C)C3)n2)c(C(O)(O)O)c1. The molecule has 8 nitrogen and oxygen atoms in total. The van der Waals surface area contributed by atoms with Crippen molar-refractivity contribution in [3.8, 4) is 0 Å². The van der Waals surface area contributed by atoms with E-state index in [9.17, 15) is 28.5 Å². The molecule has 0 radical (unpaired) electrons. The average molecular weight is 490 g/mol. The van der Waals surface area contributed by atoms with Crippen LogP contribution in [-0.4, -0.2) is 45.4 Å². The van der Waals surface area contributed by atoms with Crippen molar-refractivity contribution in [1.29, 1.82) is 0 Å². The van der Waals surface area contributed by atoms with Crippen LogP contribution < -0.4 is 14.9 Å². The molecule has 1 fully saturated rings. The second-order valence-electron chi connectivity index (χ2n) is 7.40. The molecule has 184 valence electrons. The lowest BCUT2D eigenvalue weighted by Crippen LogP contribution is -2.36. The highest BCUT2D eigenvalue weighted by atomic mass is 32.2. The smallest absolute Gasteiger partial charge is 0.356 e. The zero-order chi connectivity index (χ0) is 24.8. The van der Waals surface area contributed by atoms with Gasteiger partial charge in [0.25, 0.3) is 0 Å². The Balaban J connectivity index is 0.00000187. The number of halogens is 3. The van der Waals surface area contributed by atoms with Gasteiger partial charge in [-0.1, -0.05) is 20.8 Å². The van der Waals surface area contributed by atoms with E-state index in [4.69, 9.17) is 0 Å². The lowest BCUT2D eigenvalue weighted by atomic mass is 10.00. The van der Waals surface area contributed by atoms with E-state index in [0.29, 0.717) is 24.2 Å². The molecular weight excluding hydrogens is 459 g/mol. The van der Waals surface area contributed by atoms with Gasteiger partial charge in [0.2, 0.25) is 5.95 Å². The Kier molecular flexibility index (Phi) is 9.32. The van der Waals surface area contributed by atoms with Crippen LogP contribution in [0.3, 0.4) is 0 Å². The number of aliphatic hydroxyl groups is 3. The van der Waals surface area contributed by atoms with Crippen molar-refractivity contribution < 1.29 is 28.5 Å². The first-order chi connectivity index (χ1) is 15.5. The van der Waals surface area contributed by atoms with Crippen molar-refractivity contribution >= 4 is 29.4 Å². The summed E-state index contributed by atoms with van der Waals surface area (Å²) in [6, 6.07) is 4.38. The quantitative estimate of drug-likeness (QED) is 0.305. The maximum Gasteiger partial charge on any atom is 0.421 e. The monoisotopic (exact) mass is 489 g/mol. The Bertz CT molecular complexity index is 925. The number of nitrogens with one attached hydrogen (secondary N) is 2. The summed E-state index contributed by atoms with van der Waals surface area (Å²) in [5.41, 5.74) is -1.20. The normalized spacial score (nSPS) is 16.8. The van der Waals surface area contributed by atoms with Crippen LogP contribution in [0.25, 0.3) is 0 Å². The van der Waals surface area contributed by atoms with Gasteiger partial charge in [-0.3, -0.25) is 4.72 Å². The number of aromatic nitrogens is 2. The molecule has 1 aromatic heterocycles. The van der Waals surface area contributed by atoms with Crippen molar-refractivity contribution in [3.63, 3.8) is 0 Å². The zero-order valence-electron chi connectivity index (χ0n) is 18.9. The topological polar surface area (TPSA) is 114 Å². The molecule has 1 saturated heterocycles. The molecule has 33 heavy (non-hydrogen) atoms. The molecule has 0 amide bonds. The van der Waals surface area contributed by atoms with E-state index in [1.807, 2.05) is 20.8 Å². The number of nitrogens with zero attached hydrogens (tertiary/aromatic N) is 3. The van der Waals surface area contributed by atoms with Crippen LogP contribution in [-0.2, 0) is 12.1 Å². The van der Waals surface area contributed by atoms with Crippen LogP contribution >= 0.6 is 11.9 Å². The van der Waals surface area contributed by atoms with Gasteiger partial charge in [-0.05, 0) is 56.0 Å². The number of rotatable bonds is 6. The van der Waals surface area contributed by atoms with Crippen LogP contribution in [0.5, 0.6) is 0 Å². The predicted octanol–water partition coefficient (Wildman–Crippen LogP) is 3.82. The zero-order valence-corrected chi connectivity index (χ0v) is 19.8. The molecule has 12 heteroatoms. The predicted molar refractivity (Wildman–Crippen MR) is 122 cm³/mol. The maximum absolute atomic E-state index is 13.6. The summed E-state index contributed by atoms with van der Waals surface area (Å²) >= 11 is 1.17. The van der Waals surface area contributed by atoms with E-state index in [2.05, 4.69) is 20.0 Å². The van der Waals surface area contributed by atoms with Gasteiger partial charge in [0.15, 0.2) is 0 Å². The van der Waals surface area contributed by atoms with Gasteiger partial charge >= 0.3 is 12.1 Å². The molecule has 0 saturated carbocycles. The number of piperidine rings is 1. The Hall–Kier alpha value is -2.12. The average Bonchev–Trinajstić information content (AvgIpc) is 2.75. The Morgan fingerprint density at radius 3 is 2.42 bits per heavy atom. The summed E-state index contributed by atoms with van der Waals surface area (Å²) in [7, 11) is 1.67. The van der Waals surface area contributed by atoms with E-state index in [0.717, 1.165) is 12.8 Å². The molecule has 0 aliphatic carbocycles. The summed E-state index contributed by atoms with van der Waals surface area (Å²) in [5.74, 6) is -3.35. The first-order valence-corrected chi connectivity index (χ1v) is 11.4. The van der Waals surface area contributed by atoms with Crippen LogP contribution in [0.4, 0.5) is 30.6 Å². The minimum atomic E-state index is -4.62. The molecule has 3 rings (SSSR count). The fourth-order valence-corrected chi connectivity index (χ4v) is 4.02. The molecule has 2 aromatic rings. The number of hydrogen-bond donors (Lipinski definition) is 5. The van der Waals surface area contributed by atoms with Crippen LogP contribution in [0, 0.1) is 5.92 Å². The Morgan fingerprint density at radius 1 is 1.15 bits per heavy atom. The standard InChI is InChI=1S/C19H24F3N5O3S.C2H6/c1-11-4-3-7-27(10-11)16-14(18(20,21)22)9-24-17(26-16)25-15-6-5-12(31-23-2)8-13(15)19(28,29)30;1-2/h5-6,8-9,11,23,28-30H,3-4,7,10H2,1-2H3,(H,24,25,26);1-2H3. The van der Waals surface area contributed by atoms with E-state index >= 15 is 0 Å². The van der Waals surface area contributed by atoms with Crippen molar-refractivity contribution in [2.75, 3.05) is 30.4 Å². The van der Waals surface area contributed by atoms with Gasteiger partial charge in [-0.25, -0.2) is 4.98 Å². The van der Waals surface area contributed by atoms with Gasteiger partial charge in [0, 0.05) is 24.2 Å². The summed E-state index contributed by atoms with van der Waals surface area (Å²) in [5, 5.41) is 31.9. The van der Waals surface area contributed by atoms with Gasteiger partial charge in [0.05, 0.1) is 11.3 Å². The van der Waals surface area contributed by atoms with Crippen LogP contribution in [0.2, 0.25) is 0 Å². The fourth-order valence-electron chi connectivity index (χ4n) is 3.47. The molecule has 2 heterocycles.